The zero-order chi connectivity index (χ0) is 21.7. The molecule has 0 saturated carbocycles. The molecule has 0 aliphatic rings. The molecule has 0 aromatic heterocycles. The van der Waals surface area contributed by atoms with Crippen molar-refractivity contribution in [3.63, 3.8) is 0 Å². The standard InChI is InChI=1S/C18H18F4N2O4S/c1-24(29(26,27)16-10-4-13(19)5-11-16)12-2-3-17(25)23-14-6-8-15(9-7-14)28-18(20,21)22/h4-11H,2-3,12H2,1H3,(H,23,25). The molecule has 0 bridgehead atoms. The topological polar surface area (TPSA) is 75.7 Å². The molecule has 1 N–H and O–H groups in total. The molecule has 0 unspecified atom stereocenters. The van der Waals surface area contributed by atoms with Crippen LogP contribution in [-0.4, -0.2) is 38.6 Å². The van der Waals surface area contributed by atoms with Crippen molar-refractivity contribution >= 4 is 21.6 Å². The van der Waals surface area contributed by atoms with Gasteiger partial charge in [-0.15, -0.1) is 13.2 Å². The van der Waals surface area contributed by atoms with Gasteiger partial charge in [-0.05, 0) is 55.0 Å². The van der Waals surface area contributed by atoms with Crippen LogP contribution < -0.4 is 10.1 Å². The molecule has 0 spiro atoms. The van der Waals surface area contributed by atoms with Crippen molar-refractivity contribution < 1.29 is 35.5 Å². The third-order valence-electron chi connectivity index (χ3n) is 3.77. The summed E-state index contributed by atoms with van der Waals surface area (Å²) < 4.78 is 78.8. The minimum atomic E-state index is -4.80. The van der Waals surface area contributed by atoms with Gasteiger partial charge in [-0.3, -0.25) is 4.79 Å². The maximum Gasteiger partial charge on any atom is 0.573 e. The fraction of sp³-hybridized carbons (Fsp3) is 0.278. The van der Waals surface area contributed by atoms with Gasteiger partial charge in [-0.1, -0.05) is 0 Å². The maximum atomic E-state index is 12.9. The van der Waals surface area contributed by atoms with Gasteiger partial charge in [0, 0.05) is 25.7 Å². The predicted molar refractivity (Wildman–Crippen MR) is 97.2 cm³/mol. The van der Waals surface area contributed by atoms with Crippen LogP contribution in [0.15, 0.2) is 53.4 Å². The second-order valence-corrected chi connectivity index (χ2v) is 8.05. The van der Waals surface area contributed by atoms with Crippen LogP contribution in [0, 0.1) is 5.82 Å². The average Bonchev–Trinajstić information content (AvgIpc) is 2.62. The van der Waals surface area contributed by atoms with E-state index in [1.807, 2.05) is 0 Å². The predicted octanol–water partition coefficient (Wildman–Crippen LogP) is 3.76. The second kappa shape index (κ2) is 9.23. The number of anilines is 1. The van der Waals surface area contributed by atoms with E-state index in [4.69, 9.17) is 0 Å². The van der Waals surface area contributed by atoms with Crippen LogP contribution in [0.5, 0.6) is 5.75 Å². The number of nitrogens with zero attached hydrogens (tertiary/aromatic N) is 1. The highest BCUT2D eigenvalue weighted by Crippen LogP contribution is 2.24. The van der Waals surface area contributed by atoms with Crippen molar-refractivity contribution in [1.29, 1.82) is 0 Å². The second-order valence-electron chi connectivity index (χ2n) is 6.00. The first-order valence-electron chi connectivity index (χ1n) is 8.35. The summed E-state index contributed by atoms with van der Waals surface area (Å²) in [6, 6.07) is 9.02. The van der Waals surface area contributed by atoms with E-state index >= 15 is 0 Å². The van der Waals surface area contributed by atoms with E-state index in [9.17, 15) is 30.8 Å². The fourth-order valence-electron chi connectivity index (χ4n) is 2.33. The van der Waals surface area contributed by atoms with Crippen molar-refractivity contribution in [1.82, 2.24) is 4.31 Å². The normalized spacial score (nSPS) is 12.1. The van der Waals surface area contributed by atoms with E-state index in [0.29, 0.717) is 0 Å². The monoisotopic (exact) mass is 434 g/mol. The lowest BCUT2D eigenvalue weighted by Gasteiger charge is -2.17. The van der Waals surface area contributed by atoms with Gasteiger partial charge in [0.1, 0.15) is 11.6 Å². The largest absolute Gasteiger partial charge is 0.573 e. The Bertz CT molecular complexity index is 930. The molecule has 1 amide bonds. The molecule has 0 fully saturated rings. The first-order chi connectivity index (χ1) is 13.5. The maximum absolute atomic E-state index is 12.9. The molecule has 0 aliphatic carbocycles. The highest BCUT2D eigenvalue weighted by molar-refractivity contribution is 7.89. The Morgan fingerprint density at radius 1 is 1.07 bits per heavy atom. The number of rotatable bonds is 8. The first kappa shape index (κ1) is 22.6. The van der Waals surface area contributed by atoms with Crippen LogP contribution in [0.1, 0.15) is 12.8 Å². The minimum Gasteiger partial charge on any atom is -0.406 e. The van der Waals surface area contributed by atoms with E-state index in [2.05, 4.69) is 10.1 Å². The lowest BCUT2D eigenvalue weighted by molar-refractivity contribution is -0.274. The molecule has 0 heterocycles. The summed E-state index contributed by atoms with van der Waals surface area (Å²) in [7, 11) is -2.46. The number of sulfonamides is 1. The molecule has 2 aromatic rings. The number of nitrogens with one attached hydrogen (secondary N) is 1. The molecule has 158 valence electrons. The van der Waals surface area contributed by atoms with E-state index in [1.54, 1.807) is 0 Å². The molecule has 6 nitrogen and oxygen atoms in total. The van der Waals surface area contributed by atoms with Gasteiger partial charge >= 0.3 is 6.36 Å². The van der Waals surface area contributed by atoms with Crippen molar-refractivity contribution in [3.05, 3.63) is 54.3 Å². The molecular weight excluding hydrogens is 416 g/mol. The van der Waals surface area contributed by atoms with Gasteiger partial charge in [0.15, 0.2) is 0 Å². The molecule has 0 atom stereocenters. The fourth-order valence-corrected chi connectivity index (χ4v) is 3.54. The quantitative estimate of drug-likeness (QED) is 0.642. The number of halogens is 4. The van der Waals surface area contributed by atoms with E-state index < -0.39 is 33.9 Å². The Kier molecular flexibility index (Phi) is 7.20. The third kappa shape index (κ3) is 7.02. The number of benzene rings is 2. The van der Waals surface area contributed by atoms with Crippen LogP contribution in [-0.2, 0) is 14.8 Å². The number of carbonyl (C=O) groups is 1. The number of ether oxygens (including phenoxy) is 1. The van der Waals surface area contributed by atoms with Gasteiger partial charge in [0.25, 0.3) is 0 Å². The molecule has 2 aromatic carbocycles. The van der Waals surface area contributed by atoms with Gasteiger partial charge in [-0.2, -0.15) is 0 Å². The number of hydrogen-bond acceptors (Lipinski definition) is 4. The summed E-state index contributed by atoms with van der Waals surface area (Å²) >= 11 is 0. The summed E-state index contributed by atoms with van der Waals surface area (Å²) in [5.74, 6) is -1.40. The van der Waals surface area contributed by atoms with E-state index in [-0.39, 0.29) is 30.0 Å². The van der Waals surface area contributed by atoms with Crippen LogP contribution in [0.4, 0.5) is 23.2 Å². The first-order valence-corrected chi connectivity index (χ1v) is 9.79. The Labute approximate surface area is 165 Å². The Hall–Kier alpha value is -2.66. The zero-order valence-corrected chi connectivity index (χ0v) is 16.1. The van der Waals surface area contributed by atoms with Gasteiger partial charge < -0.3 is 10.1 Å². The number of amides is 1. The van der Waals surface area contributed by atoms with Crippen molar-refractivity contribution in [2.45, 2.75) is 24.1 Å². The molecule has 0 aliphatic heterocycles. The highest BCUT2D eigenvalue weighted by atomic mass is 32.2. The summed E-state index contributed by atoms with van der Waals surface area (Å²) in [6.07, 6.45) is -4.60. The van der Waals surface area contributed by atoms with Gasteiger partial charge in [-0.25, -0.2) is 17.1 Å². The lowest BCUT2D eigenvalue weighted by Crippen LogP contribution is -2.28. The van der Waals surface area contributed by atoms with Crippen LogP contribution >= 0.6 is 0 Å². The molecule has 11 heteroatoms. The van der Waals surface area contributed by atoms with Gasteiger partial charge in [0.2, 0.25) is 15.9 Å². The molecule has 2 rings (SSSR count). The summed E-state index contributed by atoms with van der Waals surface area (Å²) in [5.41, 5.74) is 0.275. The van der Waals surface area contributed by atoms with Crippen molar-refractivity contribution in [2.75, 3.05) is 18.9 Å². The zero-order valence-electron chi connectivity index (χ0n) is 15.2. The molecule has 0 saturated heterocycles. The highest BCUT2D eigenvalue weighted by Gasteiger charge is 2.31. The number of carbonyl (C=O) groups excluding carboxylic acids is 1. The van der Waals surface area contributed by atoms with E-state index in [0.717, 1.165) is 40.7 Å². The third-order valence-corrected chi connectivity index (χ3v) is 5.64. The van der Waals surface area contributed by atoms with Gasteiger partial charge in [0.05, 0.1) is 4.90 Å². The molecular formula is C18H18F4N2O4S. The SMILES string of the molecule is CN(CCCC(=O)Nc1ccc(OC(F)(F)F)cc1)S(=O)(=O)c1ccc(F)cc1. The average molecular weight is 434 g/mol. The van der Waals surface area contributed by atoms with Crippen LogP contribution in [0.25, 0.3) is 0 Å². The van der Waals surface area contributed by atoms with Crippen LogP contribution in [0.3, 0.4) is 0 Å². The van der Waals surface area contributed by atoms with E-state index in [1.165, 1.54) is 19.2 Å². The van der Waals surface area contributed by atoms with Crippen molar-refractivity contribution in [2.24, 2.45) is 0 Å². The Morgan fingerprint density at radius 3 is 2.21 bits per heavy atom. The summed E-state index contributed by atoms with van der Waals surface area (Å²) in [4.78, 5) is 11.9. The smallest absolute Gasteiger partial charge is 0.406 e. The molecule has 0 radical (unpaired) electrons. The Morgan fingerprint density at radius 2 is 1.66 bits per heavy atom. The van der Waals surface area contributed by atoms with Crippen LogP contribution in [0.2, 0.25) is 0 Å². The lowest BCUT2D eigenvalue weighted by atomic mass is 10.2. The number of alkyl halides is 3. The summed E-state index contributed by atoms with van der Waals surface area (Å²) in [5, 5.41) is 2.50. The summed E-state index contributed by atoms with van der Waals surface area (Å²) in [6.45, 7) is 0.0471. The minimum absolute atomic E-state index is 0.00984. The van der Waals surface area contributed by atoms with Crippen molar-refractivity contribution in [3.8, 4) is 5.75 Å². The number of hydrogen-bond donors (Lipinski definition) is 1. The Balaban J connectivity index is 1.82. The molecule has 29 heavy (non-hydrogen) atoms.